The third-order valence-corrected chi connectivity index (χ3v) is 3.92. The second-order valence-electron chi connectivity index (χ2n) is 4.73. The van der Waals surface area contributed by atoms with E-state index in [0.29, 0.717) is 6.04 Å². The van der Waals surface area contributed by atoms with E-state index < -0.39 is 0 Å². The normalized spacial score (nSPS) is 30.3. The van der Waals surface area contributed by atoms with Crippen LogP contribution in [0.4, 0.5) is 0 Å². The molecule has 1 fully saturated rings. The van der Waals surface area contributed by atoms with E-state index >= 15 is 0 Å². The zero-order valence-corrected chi connectivity index (χ0v) is 10.4. The molecule has 1 aromatic carbocycles. The maximum absolute atomic E-state index is 6.48. The van der Waals surface area contributed by atoms with E-state index in [1.165, 1.54) is 5.56 Å². The highest BCUT2D eigenvalue weighted by atomic mass is 35.5. The van der Waals surface area contributed by atoms with Gasteiger partial charge < -0.3 is 11.1 Å². The largest absolute Gasteiger partial charge is 0.321 e. The van der Waals surface area contributed by atoms with Crippen molar-refractivity contribution >= 4 is 11.6 Å². The molecule has 3 N–H and O–H groups in total. The molecule has 16 heavy (non-hydrogen) atoms. The zero-order valence-electron chi connectivity index (χ0n) is 9.67. The summed E-state index contributed by atoms with van der Waals surface area (Å²) in [7, 11) is 2.02. The van der Waals surface area contributed by atoms with E-state index in [0.717, 1.165) is 30.7 Å². The second kappa shape index (κ2) is 4.74. The molecule has 0 aromatic heterocycles. The summed E-state index contributed by atoms with van der Waals surface area (Å²) in [4.78, 5) is 0. The molecule has 0 saturated heterocycles. The van der Waals surface area contributed by atoms with Crippen LogP contribution in [0.25, 0.3) is 0 Å². The Balaban J connectivity index is 2.15. The van der Waals surface area contributed by atoms with Crippen LogP contribution in [0.3, 0.4) is 0 Å². The van der Waals surface area contributed by atoms with E-state index in [2.05, 4.69) is 11.4 Å². The van der Waals surface area contributed by atoms with Crippen LogP contribution < -0.4 is 11.1 Å². The van der Waals surface area contributed by atoms with E-state index in [-0.39, 0.29) is 5.54 Å². The first-order valence-corrected chi connectivity index (χ1v) is 6.24. The van der Waals surface area contributed by atoms with Gasteiger partial charge in [-0.1, -0.05) is 23.7 Å². The van der Waals surface area contributed by atoms with Gasteiger partial charge in [0.05, 0.1) is 0 Å². The van der Waals surface area contributed by atoms with Crippen molar-refractivity contribution in [2.75, 3.05) is 7.05 Å². The molecule has 1 aliphatic rings. The van der Waals surface area contributed by atoms with Crippen molar-refractivity contribution in [3.8, 4) is 0 Å². The maximum Gasteiger partial charge on any atom is 0.0411 e. The van der Waals surface area contributed by atoms with Crippen LogP contribution in [-0.2, 0) is 5.54 Å². The summed E-state index contributed by atoms with van der Waals surface area (Å²) in [5.41, 5.74) is 7.47. The molecular weight excluding hydrogens is 220 g/mol. The Morgan fingerprint density at radius 2 is 2.06 bits per heavy atom. The molecule has 2 nitrogen and oxygen atoms in total. The lowest BCUT2D eigenvalue weighted by Gasteiger charge is -2.37. The van der Waals surface area contributed by atoms with Gasteiger partial charge in [-0.25, -0.2) is 0 Å². The second-order valence-corrected chi connectivity index (χ2v) is 5.17. The van der Waals surface area contributed by atoms with Crippen LogP contribution in [-0.4, -0.2) is 13.1 Å². The molecule has 0 heterocycles. The molecule has 0 radical (unpaired) electrons. The Bertz CT molecular complexity index is 357. The summed E-state index contributed by atoms with van der Waals surface area (Å²) in [6, 6.07) is 8.59. The van der Waals surface area contributed by atoms with Crippen LogP contribution in [0.15, 0.2) is 24.3 Å². The Hall–Kier alpha value is -0.570. The quantitative estimate of drug-likeness (QED) is 0.832. The van der Waals surface area contributed by atoms with Crippen LogP contribution in [0.2, 0.25) is 5.02 Å². The van der Waals surface area contributed by atoms with Crippen molar-refractivity contribution in [3.05, 3.63) is 34.9 Å². The number of hydrogen-bond donors (Lipinski definition) is 2. The molecule has 88 valence electrons. The Morgan fingerprint density at radius 3 is 2.62 bits per heavy atom. The predicted molar refractivity (Wildman–Crippen MR) is 68.6 cm³/mol. The fraction of sp³-hybridized carbons (Fsp3) is 0.538. The molecule has 0 bridgehead atoms. The number of nitrogens with two attached hydrogens (primary N) is 1. The molecule has 0 unspecified atom stereocenters. The highest BCUT2D eigenvalue weighted by molar-refractivity contribution is 6.30. The third kappa shape index (κ3) is 2.40. The lowest BCUT2D eigenvalue weighted by atomic mass is 9.76. The number of benzene rings is 1. The van der Waals surface area contributed by atoms with Crippen molar-refractivity contribution in [1.29, 1.82) is 0 Å². The molecule has 0 atom stereocenters. The first kappa shape index (κ1) is 11.9. The van der Waals surface area contributed by atoms with Crippen LogP contribution in [0.1, 0.15) is 31.2 Å². The van der Waals surface area contributed by atoms with Crippen molar-refractivity contribution in [1.82, 2.24) is 5.32 Å². The van der Waals surface area contributed by atoms with Gasteiger partial charge in [0.2, 0.25) is 0 Å². The number of halogens is 1. The minimum atomic E-state index is -0.182. The summed E-state index contributed by atoms with van der Waals surface area (Å²) >= 11 is 6.01. The van der Waals surface area contributed by atoms with Gasteiger partial charge in [-0.3, -0.25) is 0 Å². The summed E-state index contributed by atoms with van der Waals surface area (Å²) in [5.74, 6) is 0. The minimum Gasteiger partial charge on any atom is -0.321 e. The van der Waals surface area contributed by atoms with Gasteiger partial charge in [-0.15, -0.1) is 0 Å². The average Bonchev–Trinajstić information content (AvgIpc) is 2.30. The van der Waals surface area contributed by atoms with Gasteiger partial charge >= 0.3 is 0 Å². The van der Waals surface area contributed by atoms with E-state index in [9.17, 15) is 0 Å². The van der Waals surface area contributed by atoms with Gasteiger partial charge in [0.15, 0.2) is 0 Å². The molecule has 3 heteroatoms. The third-order valence-electron chi connectivity index (χ3n) is 3.69. The molecule has 2 rings (SSSR count). The van der Waals surface area contributed by atoms with E-state index in [1.54, 1.807) is 0 Å². The molecule has 1 aliphatic carbocycles. The minimum absolute atomic E-state index is 0.182. The predicted octanol–water partition coefficient (Wildman–Crippen LogP) is 2.66. The number of rotatable bonds is 2. The SMILES string of the molecule is CNC1CCC(N)(c2cccc(Cl)c2)CC1. The first-order valence-electron chi connectivity index (χ1n) is 5.86. The molecule has 0 spiro atoms. The standard InChI is InChI=1S/C13H19ClN2/c1-16-12-5-7-13(15,8-6-12)10-3-2-4-11(14)9-10/h2-4,9,12,16H,5-8,15H2,1H3. The molecule has 0 amide bonds. The Kier molecular flexibility index (Phi) is 3.53. The molecule has 1 saturated carbocycles. The van der Waals surface area contributed by atoms with E-state index in [4.69, 9.17) is 17.3 Å². The smallest absolute Gasteiger partial charge is 0.0411 e. The molecule has 1 aromatic rings. The van der Waals surface area contributed by atoms with Crippen molar-refractivity contribution < 1.29 is 0 Å². The topological polar surface area (TPSA) is 38.0 Å². The number of nitrogens with one attached hydrogen (secondary N) is 1. The number of hydrogen-bond acceptors (Lipinski definition) is 2. The Labute approximate surface area is 102 Å². The van der Waals surface area contributed by atoms with Gasteiger partial charge in [-0.2, -0.15) is 0 Å². The van der Waals surface area contributed by atoms with Crippen molar-refractivity contribution in [3.63, 3.8) is 0 Å². The van der Waals surface area contributed by atoms with Crippen LogP contribution >= 0.6 is 11.6 Å². The van der Waals surface area contributed by atoms with Gasteiger partial charge in [0.25, 0.3) is 0 Å². The van der Waals surface area contributed by atoms with Gasteiger partial charge in [-0.05, 0) is 50.4 Å². The van der Waals surface area contributed by atoms with Crippen molar-refractivity contribution in [2.45, 2.75) is 37.3 Å². The van der Waals surface area contributed by atoms with E-state index in [1.807, 2.05) is 25.2 Å². The molecular formula is C13H19ClN2. The van der Waals surface area contributed by atoms with Crippen molar-refractivity contribution in [2.24, 2.45) is 5.73 Å². The monoisotopic (exact) mass is 238 g/mol. The fourth-order valence-electron chi connectivity index (χ4n) is 2.51. The zero-order chi connectivity index (χ0) is 11.6. The maximum atomic E-state index is 6.48. The highest BCUT2D eigenvalue weighted by Gasteiger charge is 2.32. The molecule has 0 aliphatic heterocycles. The lowest BCUT2D eigenvalue weighted by Crippen LogP contribution is -2.44. The summed E-state index contributed by atoms with van der Waals surface area (Å²) in [5, 5.41) is 4.10. The summed E-state index contributed by atoms with van der Waals surface area (Å²) in [6.07, 6.45) is 4.33. The lowest BCUT2D eigenvalue weighted by molar-refractivity contribution is 0.259. The highest BCUT2D eigenvalue weighted by Crippen LogP contribution is 2.35. The fourth-order valence-corrected chi connectivity index (χ4v) is 2.70. The summed E-state index contributed by atoms with van der Waals surface area (Å²) < 4.78 is 0. The Morgan fingerprint density at radius 1 is 1.38 bits per heavy atom. The summed E-state index contributed by atoms with van der Waals surface area (Å²) in [6.45, 7) is 0. The van der Waals surface area contributed by atoms with Gasteiger partial charge in [0, 0.05) is 16.6 Å². The average molecular weight is 239 g/mol. The van der Waals surface area contributed by atoms with Crippen LogP contribution in [0.5, 0.6) is 0 Å². The van der Waals surface area contributed by atoms with Crippen LogP contribution in [0, 0.1) is 0 Å². The van der Waals surface area contributed by atoms with Gasteiger partial charge in [0.1, 0.15) is 0 Å². The first-order chi connectivity index (χ1) is 7.64.